The number of ether oxygens (including phenoxy) is 2. The van der Waals surface area contributed by atoms with Crippen molar-refractivity contribution in [3.63, 3.8) is 0 Å². The molecule has 4 atom stereocenters. The summed E-state index contributed by atoms with van der Waals surface area (Å²) in [4.78, 5) is 59.6. The molecule has 10 nitrogen and oxygen atoms in total. The van der Waals surface area contributed by atoms with Crippen LogP contribution in [0, 0.1) is 5.92 Å². The number of aromatic nitrogens is 2. The van der Waals surface area contributed by atoms with Gasteiger partial charge in [-0.15, -0.1) is 0 Å². The van der Waals surface area contributed by atoms with Gasteiger partial charge in [-0.1, -0.05) is 44.2 Å². The molecule has 39 heavy (non-hydrogen) atoms. The van der Waals surface area contributed by atoms with Crippen LogP contribution in [0.2, 0.25) is 0 Å². The van der Waals surface area contributed by atoms with Crippen LogP contribution in [0.3, 0.4) is 0 Å². The number of hydrogen-bond acceptors (Lipinski definition) is 8. The lowest BCUT2D eigenvalue weighted by molar-refractivity contribution is -0.152. The van der Waals surface area contributed by atoms with E-state index in [2.05, 4.69) is 5.32 Å². The Labute approximate surface area is 224 Å². The van der Waals surface area contributed by atoms with Crippen molar-refractivity contribution in [3.05, 3.63) is 70.3 Å². The van der Waals surface area contributed by atoms with Gasteiger partial charge in [-0.05, 0) is 38.0 Å². The van der Waals surface area contributed by atoms with E-state index < -0.39 is 46.9 Å². The third kappa shape index (κ3) is 3.54. The largest absolute Gasteiger partial charge is 0.454 e. The molecule has 1 N–H and O–H groups in total. The fourth-order valence-corrected chi connectivity index (χ4v) is 6.17. The lowest BCUT2D eigenvalue weighted by atomic mass is 9.88. The Morgan fingerprint density at radius 2 is 1.79 bits per heavy atom. The summed E-state index contributed by atoms with van der Waals surface area (Å²) >= 11 is 0. The lowest BCUT2D eigenvalue weighted by Crippen LogP contribution is -2.51. The van der Waals surface area contributed by atoms with E-state index in [0.717, 1.165) is 0 Å². The van der Waals surface area contributed by atoms with Gasteiger partial charge in [0.05, 0.1) is 22.1 Å². The lowest BCUT2D eigenvalue weighted by Gasteiger charge is -2.31. The molecule has 3 aromatic rings. The number of hydrogen-bond donors (Lipinski definition) is 1. The second-order valence-corrected chi connectivity index (χ2v) is 11.3. The van der Waals surface area contributed by atoms with Crippen molar-refractivity contribution in [3.8, 4) is 0 Å². The summed E-state index contributed by atoms with van der Waals surface area (Å²) in [5.74, 6) is -1.32. The number of para-hydroxylation sites is 2. The molecule has 1 spiro atoms. The topological polar surface area (TPSA) is 120 Å². The molecule has 0 radical (unpaired) electrons. The highest BCUT2D eigenvalue weighted by Gasteiger charge is 2.66. The van der Waals surface area contributed by atoms with Crippen molar-refractivity contribution >= 4 is 34.4 Å². The van der Waals surface area contributed by atoms with Crippen LogP contribution in [0.4, 0.5) is 5.69 Å². The van der Waals surface area contributed by atoms with E-state index >= 15 is 0 Å². The summed E-state index contributed by atoms with van der Waals surface area (Å²) in [6, 6.07) is 13.2. The van der Waals surface area contributed by atoms with Gasteiger partial charge in [-0.25, -0.2) is 9.78 Å². The van der Waals surface area contributed by atoms with E-state index in [-0.39, 0.29) is 24.1 Å². The number of carbonyl (C=O) groups is 3. The summed E-state index contributed by atoms with van der Waals surface area (Å²) in [6.07, 6.45) is -1.44. The smallest absolute Gasteiger partial charge is 0.330 e. The molecule has 0 saturated carbocycles. The van der Waals surface area contributed by atoms with Crippen LogP contribution in [0.5, 0.6) is 0 Å². The zero-order chi connectivity index (χ0) is 27.9. The second kappa shape index (κ2) is 8.47. The Kier molecular flexibility index (Phi) is 5.48. The maximum absolute atomic E-state index is 14.0. The van der Waals surface area contributed by atoms with Crippen LogP contribution in [-0.2, 0) is 29.5 Å². The van der Waals surface area contributed by atoms with Crippen molar-refractivity contribution < 1.29 is 23.9 Å². The summed E-state index contributed by atoms with van der Waals surface area (Å²) in [5, 5.41) is 3.70. The van der Waals surface area contributed by atoms with Gasteiger partial charge in [-0.3, -0.25) is 29.2 Å². The number of nitrogens with zero attached hydrogens (tertiary/aromatic N) is 3. The molecule has 2 aromatic carbocycles. The van der Waals surface area contributed by atoms with Crippen molar-refractivity contribution in [1.82, 2.24) is 14.9 Å². The molecule has 10 heteroatoms. The molecular formula is C29H30N4O6. The highest BCUT2D eigenvalue weighted by atomic mass is 16.6. The van der Waals surface area contributed by atoms with Crippen molar-refractivity contribution in [1.29, 1.82) is 0 Å². The summed E-state index contributed by atoms with van der Waals surface area (Å²) in [5.41, 5.74) is -0.714. The number of carbonyl (C=O) groups excluding carboxylic acids is 3. The number of anilines is 1. The van der Waals surface area contributed by atoms with Crippen LogP contribution in [0.15, 0.2) is 53.3 Å². The Morgan fingerprint density at radius 1 is 1.10 bits per heavy atom. The van der Waals surface area contributed by atoms with E-state index in [4.69, 9.17) is 14.5 Å². The maximum Gasteiger partial charge on any atom is 0.330 e. The van der Waals surface area contributed by atoms with Gasteiger partial charge in [0, 0.05) is 18.9 Å². The number of fused-ring (bicyclic) bond motifs is 6. The number of esters is 2. The number of amides is 1. The first-order chi connectivity index (χ1) is 18.5. The van der Waals surface area contributed by atoms with Gasteiger partial charge in [-0.2, -0.15) is 0 Å². The standard InChI is InChI=1S/C29H30N4O6/c1-15(2)22(38-16(3)34)23-30-19-12-8-6-10-17(19)24(35)32(23)21-14-29(39-25(21)36)18-11-7-9-13-20(18)33-26(29)31-28(4,5)27(33)37/h6-13,15,21-22,26,31H,14H2,1-5H3/t21-,22-,26+,29+/m1/s1. The zero-order valence-corrected chi connectivity index (χ0v) is 22.4. The van der Waals surface area contributed by atoms with Crippen LogP contribution >= 0.6 is 0 Å². The van der Waals surface area contributed by atoms with E-state index in [9.17, 15) is 19.2 Å². The van der Waals surface area contributed by atoms with Gasteiger partial charge in [0.15, 0.2) is 17.5 Å². The average molecular weight is 531 g/mol. The van der Waals surface area contributed by atoms with E-state index in [1.165, 1.54) is 11.5 Å². The van der Waals surface area contributed by atoms with Gasteiger partial charge in [0.1, 0.15) is 12.2 Å². The van der Waals surface area contributed by atoms with Crippen molar-refractivity contribution in [2.45, 2.75) is 70.5 Å². The summed E-state index contributed by atoms with van der Waals surface area (Å²) in [6.45, 7) is 8.59. The minimum Gasteiger partial charge on any atom is -0.454 e. The first-order valence-corrected chi connectivity index (χ1v) is 13.1. The second-order valence-electron chi connectivity index (χ2n) is 11.3. The highest BCUT2D eigenvalue weighted by Crippen LogP contribution is 2.56. The number of nitrogens with one attached hydrogen (secondary N) is 1. The van der Waals surface area contributed by atoms with Gasteiger partial charge < -0.3 is 9.47 Å². The normalized spacial score (nSPS) is 25.7. The van der Waals surface area contributed by atoms with E-state index in [1.807, 2.05) is 38.1 Å². The average Bonchev–Trinajstić information content (AvgIpc) is 3.45. The molecule has 202 valence electrons. The Bertz CT molecular complexity index is 1610. The van der Waals surface area contributed by atoms with Gasteiger partial charge in [0.2, 0.25) is 5.91 Å². The maximum atomic E-state index is 14.0. The molecule has 4 heterocycles. The number of benzene rings is 2. The molecule has 6 rings (SSSR count). The SMILES string of the molecule is CC(=O)O[C@@H](c1nc2ccccc2c(=O)n1[C@@H]1C[C@]2(OC1=O)c1ccccc1N1C(=O)C(C)(C)N[C@@H]12)C(C)C. The van der Waals surface area contributed by atoms with Crippen molar-refractivity contribution in [2.24, 2.45) is 5.92 Å². The molecule has 3 aliphatic heterocycles. The first kappa shape index (κ1) is 25.2. The molecule has 3 aliphatic rings. The monoisotopic (exact) mass is 530 g/mol. The van der Waals surface area contributed by atoms with Crippen LogP contribution in [0.25, 0.3) is 10.9 Å². The Balaban J connectivity index is 1.55. The molecule has 2 saturated heterocycles. The molecule has 0 aliphatic carbocycles. The zero-order valence-electron chi connectivity index (χ0n) is 22.4. The molecule has 1 amide bonds. The fourth-order valence-electron chi connectivity index (χ4n) is 6.17. The first-order valence-electron chi connectivity index (χ1n) is 13.1. The van der Waals surface area contributed by atoms with Crippen LogP contribution < -0.4 is 15.8 Å². The minimum absolute atomic E-state index is 0.0815. The van der Waals surface area contributed by atoms with Gasteiger partial charge >= 0.3 is 11.9 Å². The molecular weight excluding hydrogens is 500 g/mol. The molecule has 0 unspecified atom stereocenters. The quantitative estimate of drug-likeness (QED) is 0.511. The highest BCUT2D eigenvalue weighted by molar-refractivity contribution is 6.05. The number of rotatable bonds is 4. The van der Waals surface area contributed by atoms with Crippen molar-refractivity contribution in [2.75, 3.05) is 4.90 Å². The van der Waals surface area contributed by atoms with E-state index in [1.54, 1.807) is 43.0 Å². The Morgan fingerprint density at radius 3 is 2.51 bits per heavy atom. The minimum atomic E-state index is -1.22. The molecule has 1 aromatic heterocycles. The van der Waals surface area contributed by atoms with Crippen LogP contribution in [0.1, 0.15) is 64.6 Å². The van der Waals surface area contributed by atoms with Gasteiger partial charge in [0.25, 0.3) is 5.56 Å². The molecule has 2 fully saturated rings. The molecule has 0 bridgehead atoms. The Hall–Kier alpha value is -4.05. The predicted molar refractivity (Wildman–Crippen MR) is 142 cm³/mol. The van der Waals surface area contributed by atoms with Crippen LogP contribution in [-0.4, -0.2) is 39.1 Å². The predicted octanol–water partition coefficient (Wildman–Crippen LogP) is 3.09. The summed E-state index contributed by atoms with van der Waals surface area (Å²) in [7, 11) is 0. The third-order valence-corrected chi connectivity index (χ3v) is 7.92. The third-order valence-electron chi connectivity index (χ3n) is 7.92. The van der Waals surface area contributed by atoms with E-state index in [0.29, 0.717) is 22.2 Å². The fraction of sp³-hybridized carbons (Fsp3) is 0.414. The summed E-state index contributed by atoms with van der Waals surface area (Å²) < 4.78 is 13.2.